The molecule has 0 radical (unpaired) electrons. The Morgan fingerprint density at radius 2 is 2.20 bits per heavy atom. The van der Waals surface area contributed by atoms with Crippen LogP contribution in [0.2, 0.25) is 0 Å². The van der Waals surface area contributed by atoms with Crippen LogP contribution in [-0.4, -0.2) is 25.2 Å². The SMILES string of the molecule is CC(C)c1nnc(-n2nnc(C#N)c2-c2ccco2)s1. The molecular formula is C12H10N6OS. The van der Waals surface area contributed by atoms with Crippen LogP contribution >= 0.6 is 11.3 Å². The second-order valence-electron chi connectivity index (χ2n) is 4.37. The van der Waals surface area contributed by atoms with Gasteiger partial charge in [0.05, 0.1) is 6.26 Å². The van der Waals surface area contributed by atoms with E-state index >= 15 is 0 Å². The van der Waals surface area contributed by atoms with Crippen molar-refractivity contribution < 1.29 is 4.42 Å². The molecule has 0 saturated carbocycles. The number of nitriles is 1. The molecule has 0 atom stereocenters. The average molecular weight is 286 g/mol. The molecule has 0 amide bonds. The highest BCUT2D eigenvalue weighted by molar-refractivity contribution is 7.13. The lowest BCUT2D eigenvalue weighted by Crippen LogP contribution is -1.98. The van der Waals surface area contributed by atoms with Gasteiger partial charge < -0.3 is 4.42 Å². The fraction of sp³-hybridized carbons (Fsp3) is 0.250. The monoisotopic (exact) mass is 286 g/mol. The van der Waals surface area contributed by atoms with Crippen LogP contribution in [0.25, 0.3) is 16.6 Å². The molecule has 0 aromatic carbocycles. The van der Waals surface area contributed by atoms with E-state index in [9.17, 15) is 0 Å². The van der Waals surface area contributed by atoms with E-state index in [2.05, 4.69) is 20.5 Å². The summed E-state index contributed by atoms with van der Waals surface area (Å²) in [5.74, 6) is 0.806. The Kier molecular flexibility index (Phi) is 3.04. The smallest absolute Gasteiger partial charge is 0.234 e. The highest BCUT2D eigenvalue weighted by Gasteiger charge is 2.21. The summed E-state index contributed by atoms with van der Waals surface area (Å²) in [7, 11) is 0. The summed E-state index contributed by atoms with van der Waals surface area (Å²) in [6.07, 6.45) is 1.54. The van der Waals surface area contributed by atoms with Crippen molar-refractivity contribution in [1.82, 2.24) is 25.2 Å². The summed E-state index contributed by atoms with van der Waals surface area (Å²) < 4.78 is 6.83. The maximum Gasteiger partial charge on any atom is 0.234 e. The molecule has 0 unspecified atom stereocenters. The van der Waals surface area contributed by atoms with E-state index in [-0.39, 0.29) is 11.6 Å². The third-order valence-corrected chi connectivity index (χ3v) is 3.84. The van der Waals surface area contributed by atoms with Crippen LogP contribution < -0.4 is 0 Å². The lowest BCUT2D eigenvalue weighted by atomic mass is 10.2. The first kappa shape index (κ1) is 12.5. The quantitative estimate of drug-likeness (QED) is 0.733. The van der Waals surface area contributed by atoms with Gasteiger partial charge in [0, 0.05) is 5.92 Å². The maximum absolute atomic E-state index is 9.13. The Balaban J connectivity index is 2.15. The zero-order valence-corrected chi connectivity index (χ0v) is 11.6. The fourth-order valence-electron chi connectivity index (χ4n) is 1.67. The number of furan rings is 1. The van der Waals surface area contributed by atoms with Crippen LogP contribution in [-0.2, 0) is 0 Å². The first-order valence-corrected chi connectivity index (χ1v) is 6.75. The predicted octanol–water partition coefficient (Wildman–Crippen LogP) is 2.37. The summed E-state index contributed by atoms with van der Waals surface area (Å²) in [5, 5.41) is 26.6. The first-order valence-electron chi connectivity index (χ1n) is 5.94. The molecule has 0 aliphatic carbocycles. The Bertz CT molecular complexity index is 764. The lowest BCUT2D eigenvalue weighted by molar-refractivity contribution is 0.576. The number of hydrogen-bond acceptors (Lipinski definition) is 7. The molecule has 0 spiro atoms. The van der Waals surface area contributed by atoms with Gasteiger partial charge in [0.25, 0.3) is 0 Å². The third kappa shape index (κ3) is 1.98. The second kappa shape index (κ2) is 4.86. The maximum atomic E-state index is 9.13. The summed E-state index contributed by atoms with van der Waals surface area (Å²) in [4.78, 5) is 0. The molecule has 3 heterocycles. The molecule has 0 fully saturated rings. The Morgan fingerprint density at radius 3 is 2.80 bits per heavy atom. The summed E-state index contributed by atoms with van der Waals surface area (Å²) in [5.41, 5.74) is 0.685. The molecule has 100 valence electrons. The van der Waals surface area contributed by atoms with Gasteiger partial charge in [-0.15, -0.1) is 15.3 Å². The minimum absolute atomic E-state index is 0.196. The van der Waals surface area contributed by atoms with Crippen molar-refractivity contribution in [3.8, 4) is 22.7 Å². The van der Waals surface area contributed by atoms with Crippen LogP contribution in [0.1, 0.15) is 30.5 Å². The molecule has 3 aromatic heterocycles. The normalized spacial score (nSPS) is 10.9. The van der Waals surface area contributed by atoms with E-state index in [1.807, 2.05) is 19.9 Å². The summed E-state index contributed by atoms with van der Waals surface area (Å²) in [6.45, 7) is 4.08. The van der Waals surface area contributed by atoms with Crippen molar-refractivity contribution in [2.24, 2.45) is 0 Å². The minimum atomic E-state index is 0.196. The Labute approximate surface area is 118 Å². The van der Waals surface area contributed by atoms with Crippen molar-refractivity contribution in [3.05, 3.63) is 29.1 Å². The highest BCUT2D eigenvalue weighted by Crippen LogP contribution is 2.28. The molecule has 3 rings (SSSR count). The number of hydrogen-bond donors (Lipinski definition) is 0. The average Bonchev–Trinajstić information content (AvgIpc) is 3.17. The Morgan fingerprint density at radius 1 is 1.35 bits per heavy atom. The minimum Gasteiger partial charge on any atom is -0.463 e. The van der Waals surface area contributed by atoms with E-state index in [1.165, 1.54) is 22.3 Å². The summed E-state index contributed by atoms with van der Waals surface area (Å²) >= 11 is 1.42. The van der Waals surface area contributed by atoms with E-state index in [1.54, 1.807) is 12.1 Å². The van der Waals surface area contributed by atoms with Gasteiger partial charge in [0.15, 0.2) is 17.1 Å². The number of aromatic nitrogens is 5. The van der Waals surface area contributed by atoms with E-state index in [4.69, 9.17) is 9.68 Å². The van der Waals surface area contributed by atoms with Crippen LogP contribution in [0, 0.1) is 11.3 Å². The van der Waals surface area contributed by atoms with E-state index < -0.39 is 0 Å². The first-order chi connectivity index (χ1) is 9.70. The van der Waals surface area contributed by atoms with E-state index in [0.29, 0.717) is 16.6 Å². The number of rotatable bonds is 3. The van der Waals surface area contributed by atoms with Crippen molar-refractivity contribution in [1.29, 1.82) is 5.26 Å². The van der Waals surface area contributed by atoms with Gasteiger partial charge in [-0.2, -0.15) is 9.94 Å². The second-order valence-corrected chi connectivity index (χ2v) is 5.35. The highest BCUT2D eigenvalue weighted by atomic mass is 32.1. The van der Waals surface area contributed by atoms with Crippen molar-refractivity contribution >= 4 is 11.3 Å². The largest absolute Gasteiger partial charge is 0.463 e. The van der Waals surface area contributed by atoms with Crippen molar-refractivity contribution in [3.63, 3.8) is 0 Å². The number of nitrogens with zero attached hydrogens (tertiary/aromatic N) is 6. The van der Waals surface area contributed by atoms with Gasteiger partial charge in [-0.1, -0.05) is 30.4 Å². The van der Waals surface area contributed by atoms with Crippen LogP contribution in [0.5, 0.6) is 0 Å². The van der Waals surface area contributed by atoms with Crippen LogP contribution in [0.3, 0.4) is 0 Å². The topological polar surface area (TPSA) is 93.4 Å². The lowest BCUT2D eigenvalue weighted by Gasteiger charge is -1.99. The molecular weight excluding hydrogens is 276 g/mol. The molecule has 0 aliphatic heterocycles. The van der Waals surface area contributed by atoms with Gasteiger partial charge >= 0.3 is 0 Å². The van der Waals surface area contributed by atoms with Crippen molar-refractivity contribution in [2.45, 2.75) is 19.8 Å². The molecule has 3 aromatic rings. The van der Waals surface area contributed by atoms with E-state index in [0.717, 1.165) is 5.01 Å². The molecule has 0 aliphatic rings. The Hall–Kier alpha value is -2.53. The van der Waals surface area contributed by atoms with Crippen LogP contribution in [0.15, 0.2) is 22.8 Å². The molecule has 20 heavy (non-hydrogen) atoms. The molecule has 8 heteroatoms. The molecule has 0 N–H and O–H groups in total. The zero-order chi connectivity index (χ0) is 14.1. The molecule has 7 nitrogen and oxygen atoms in total. The zero-order valence-electron chi connectivity index (χ0n) is 10.8. The van der Waals surface area contributed by atoms with Gasteiger partial charge in [-0.05, 0) is 12.1 Å². The molecule has 0 bridgehead atoms. The van der Waals surface area contributed by atoms with Gasteiger partial charge in [-0.25, -0.2) is 0 Å². The van der Waals surface area contributed by atoms with Crippen LogP contribution in [0.4, 0.5) is 0 Å². The summed E-state index contributed by atoms with van der Waals surface area (Å²) in [6, 6.07) is 5.50. The standard InChI is InChI=1S/C12H10N6OS/c1-7(2)11-15-16-12(20-11)18-10(8(6-13)14-17-18)9-4-3-5-19-9/h3-5,7H,1-2H3. The van der Waals surface area contributed by atoms with Gasteiger partial charge in [-0.3, -0.25) is 0 Å². The van der Waals surface area contributed by atoms with Crippen molar-refractivity contribution in [2.75, 3.05) is 0 Å². The van der Waals surface area contributed by atoms with Gasteiger partial charge in [0.2, 0.25) is 5.13 Å². The molecule has 0 saturated heterocycles. The third-order valence-electron chi connectivity index (χ3n) is 2.64. The predicted molar refractivity (Wildman–Crippen MR) is 71.3 cm³/mol. The van der Waals surface area contributed by atoms with Gasteiger partial charge in [0.1, 0.15) is 11.1 Å². The fourth-order valence-corrected chi connectivity index (χ4v) is 2.47.